The largest absolute Gasteiger partial charge is 0.391 e. The van der Waals surface area contributed by atoms with Crippen LogP contribution in [0.5, 0.6) is 0 Å². The summed E-state index contributed by atoms with van der Waals surface area (Å²) in [6.45, 7) is 3.77. The van der Waals surface area contributed by atoms with Gasteiger partial charge in [-0.25, -0.2) is 0 Å². The molecular formula is C13H25NO3. The van der Waals surface area contributed by atoms with Crippen molar-refractivity contribution in [3.8, 4) is 0 Å². The lowest BCUT2D eigenvalue weighted by molar-refractivity contribution is -0.127. The number of carbonyl (C=O) groups is 1. The number of ether oxygens (including phenoxy) is 1. The Balaban J connectivity index is 2.43. The Hall–Kier alpha value is -0.610. The fourth-order valence-electron chi connectivity index (χ4n) is 2.17. The first-order valence-electron chi connectivity index (χ1n) is 6.47. The molecule has 0 bridgehead atoms. The molecule has 0 radical (unpaired) electrons. The van der Waals surface area contributed by atoms with Gasteiger partial charge < -0.3 is 15.2 Å². The van der Waals surface area contributed by atoms with E-state index in [0.717, 1.165) is 32.1 Å². The van der Waals surface area contributed by atoms with Crippen molar-refractivity contribution in [3.63, 3.8) is 0 Å². The average Bonchev–Trinajstić information content (AvgIpc) is 2.44. The van der Waals surface area contributed by atoms with Crippen LogP contribution >= 0.6 is 0 Å². The van der Waals surface area contributed by atoms with Gasteiger partial charge in [0.15, 0.2) is 0 Å². The average molecular weight is 243 g/mol. The second kappa shape index (κ2) is 6.36. The Morgan fingerprint density at radius 2 is 2.00 bits per heavy atom. The molecule has 17 heavy (non-hydrogen) atoms. The van der Waals surface area contributed by atoms with Crippen molar-refractivity contribution in [2.24, 2.45) is 0 Å². The van der Waals surface area contributed by atoms with E-state index in [4.69, 9.17) is 4.74 Å². The predicted octanol–water partition coefficient (Wildman–Crippen LogP) is 1.61. The molecule has 1 aliphatic carbocycles. The van der Waals surface area contributed by atoms with Crippen LogP contribution in [-0.4, -0.2) is 35.9 Å². The molecule has 2 unspecified atom stereocenters. The van der Waals surface area contributed by atoms with Crippen LogP contribution in [0.4, 0.5) is 0 Å². The van der Waals surface area contributed by atoms with E-state index in [1.807, 2.05) is 13.8 Å². The molecule has 100 valence electrons. The third-order valence-corrected chi connectivity index (χ3v) is 3.46. The second-order valence-electron chi connectivity index (χ2n) is 5.52. The lowest BCUT2D eigenvalue weighted by Crippen LogP contribution is -2.45. The Morgan fingerprint density at radius 3 is 2.65 bits per heavy atom. The highest BCUT2D eigenvalue weighted by atomic mass is 16.5. The number of nitrogens with one attached hydrogen (secondary N) is 1. The van der Waals surface area contributed by atoms with E-state index in [1.165, 1.54) is 0 Å². The van der Waals surface area contributed by atoms with E-state index in [2.05, 4.69) is 5.32 Å². The van der Waals surface area contributed by atoms with Gasteiger partial charge >= 0.3 is 0 Å². The van der Waals surface area contributed by atoms with Gasteiger partial charge in [0.05, 0.1) is 24.2 Å². The fourth-order valence-corrected chi connectivity index (χ4v) is 2.17. The molecule has 0 aromatic heterocycles. The van der Waals surface area contributed by atoms with Gasteiger partial charge in [0, 0.05) is 7.11 Å². The first kappa shape index (κ1) is 14.5. The van der Waals surface area contributed by atoms with Crippen molar-refractivity contribution in [3.05, 3.63) is 0 Å². The zero-order chi connectivity index (χ0) is 12.9. The minimum atomic E-state index is -0.445. The predicted molar refractivity (Wildman–Crippen MR) is 66.7 cm³/mol. The van der Waals surface area contributed by atoms with Crippen LogP contribution < -0.4 is 5.32 Å². The number of carbonyl (C=O) groups excluding carboxylic acids is 1. The van der Waals surface area contributed by atoms with E-state index in [0.29, 0.717) is 6.42 Å². The van der Waals surface area contributed by atoms with E-state index < -0.39 is 11.7 Å². The van der Waals surface area contributed by atoms with E-state index in [9.17, 15) is 9.90 Å². The SMILES string of the molecule is COC(C)(C)CC(=O)NC1CCCCCC1O. The molecule has 0 spiro atoms. The molecule has 1 aliphatic rings. The van der Waals surface area contributed by atoms with Gasteiger partial charge in [-0.15, -0.1) is 0 Å². The van der Waals surface area contributed by atoms with Crippen LogP contribution in [0.3, 0.4) is 0 Å². The van der Waals surface area contributed by atoms with Crippen LogP contribution in [0.15, 0.2) is 0 Å². The standard InChI is InChI=1S/C13H25NO3/c1-13(2,17-3)9-12(16)14-10-7-5-4-6-8-11(10)15/h10-11,15H,4-9H2,1-3H3,(H,14,16). The van der Waals surface area contributed by atoms with Crippen molar-refractivity contribution in [2.75, 3.05) is 7.11 Å². The molecule has 2 N–H and O–H groups in total. The Morgan fingerprint density at radius 1 is 1.35 bits per heavy atom. The topological polar surface area (TPSA) is 58.6 Å². The lowest BCUT2D eigenvalue weighted by Gasteiger charge is -2.26. The van der Waals surface area contributed by atoms with E-state index >= 15 is 0 Å². The van der Waals surface area contributed by atoms with Crippen LogP contribution in [0, 0.1) is 0 Å². The molecule has 2 atom stereocenters. The second-order valence-corrected chi connectivity index (χ2v) is 5.52. The Kier molecular flexibility index (Phi) is 5.40. The maximum absolute atomic E-state index is 11.8. The summed E-state index contributed by atoms with van der Waals surface area (Å²) in [7, 11) is 1.60. The van der Waals surface area contributed by atoms with Gasteiger partial charge in [-0.3, -0.25) is 4.79 Å². The number of methoxy groups -OCH3 is 1. The molecule has 0 aromatic rings. The number of rotatable bonds is 4. The third kappa shape index (κ3) is 5.04. The smallest absolute Gasteiger partial charge is 0.223 e. The number of amides is 1. The number of aliphatic hydroxyl groups is 1. The number of hydrogen-bond acceptors (Lipinski definition) is 3. The monoisotopic (exact) mass is 243 g/mol. The number of hydrogen-bond donors (Lipinski definition) is 2. The quantitative estimate of drug-likeness (QED) is 0.738. The highest BCUT2D eigenvalue weighted by Gasteiger charge is 2.26. The molecule has 1 fully saturated rings. The van der Waals surface area contributed by atoms with Crippen LogP contribution in [-0.2, 0) is 9.53 Å². The summed E-state index contributed by atoms with van der Waals surface area (Å²) >= 11 is 0. The van der Waals surface area contributed by atoms with Gasteiger partial charge in [0.2, 0.25) is 5.91 Å². The van der Waals surface area contributed by atoms with E-state index in [1.54, 1.807) is 7.11 Å². The summed E-state index contributed by atoms with van der Waals surface area (Å²) in [6.07, 6.45) is 4.87. The highest BCUT2D eigenvalue weighted by molar-refractivity contribution is 5.77. The van der Waals surface area contributed by atoms with Crippen molar-refractivity contribution >= 4 is 5.91 Å². The van der Waals surface area contributed by atoms with Crippen LogP contribution in [0.1, 0.15) is 52.4 Å². The third-order valence-electron chi connectivity index (χ3n) is 3.46. The highest BCUT2D eigenvalue weighted by Crippen LogP contribution is 2.19. The Bertz CT molecular complexity index is 253. The summed E-state index contributed by atoms with van der Waals surface area (Å²) in [6, 6.07) is -0.0855. The minimum Gasteiger partial charge on any atom is -0.391 e. The summed E-state index contributed by atoms with van der Waals surface area (Å²) in [4.78, 5) is 11.8. The molecule has 4 heteroatoms. The van der Waals surface area contributed by atoms with Crippen LogP contribution in [0.25, 0.3) is 0 Å². The normalized spacial score (nSPS) is 26.4. The molecule has 0 heterocycles. The summed E-state index contributed by atoms with van der Waals surface area (Å²) in [5, 5.41) is 12.8. The van der Waals surface area contributed by atoms with E-state index in [-0.39, 0.29) is 11.9 Å². The molecule has 0 saturated heterocycles. The molecular weight excluding hydrogens is 218 g/mol. The van der Waals surface area contributed by atoms with Crippen molar-refractivity contribution in [1.29, 1.82) is 0 Å². The molecule has 1 amide bonds. The van der Waals surface area contributed by atoms with Gasteiger partial charge in [0.1, 0.15) is 0 Å². The molecule has 1 saturated carbocycles. The molecule has 0 aromatic carbocycles. The Labute approximate surface area is 104 Å². The lowest BCUT2D eigenvalue weighted by atomic mass is 10.0. The summed E-state index contributed by atoms with van der Waals surface area (Å²) in [5.74, 6) is -0.0391. The first-order chi connectivity index (χ1) is 7.94. The zero-order valence-corrected chi connectivity index (χ0v) is 11.2. The fraction of sp³-hybridized carbons (Fsp3) is 0.923. The number of aliphatic hydroxyl groups excluding tert-OH is 1. The summed E-state index contributed by atoms with van der Waals surface area (Å²) < 4.78 is 5.23. The van der Waals surface area contributed by atoms with Crippen molar-refractivity contribution in [1.82, 2.24) is 5.32 Å². The zero-order valence-electron chi connectivity index (χ0n) is 11.2. The maximum Gasteiger partial charge on any atom is 0.223 e. The van der Waals surface area contributed by atoms with Crippen LogP contribution in [0.2, 0.25) is 0 Å². The molecule has 1 rings (SSSR count). The van der Waals surface area contributed by atoms with Gasteiger partial charge in [-0.05, 0) is 26.7 Å². The van der Waals surface area contributed by atoms with Gasteiger partial charge in [-0.2, -0.15) is 0 Å². The van der Waals surface area contributed by atoms with Gasteiger partial charge in [-0.1, -0.05) is 19.3 Å². The van der Waals surface area contributed by atoms with Crippen molar-refractivity contribution in [2.45, 2.75) is 70.1 Å². The first-order valence-corrected chi connectivity index (χ1v) is 6.47. The van der Waals surface area contributed by atoms with Crippen molar-refractivity contribution < 1.29 is 14.6 Å². The minimum absolute atomic E-state index is 0.0391. The summed E-state index contributed by atoms with van der Waals surface area (Å²) in [5.41, 5.74) is -0.445. The molecule has 0 aliphatic heterocycles. The molecule has 4 nitrogen and oxygen atoms in total. The van der Waals surface area contributed by atoms with Gasteiger partial charge in [0.25, 0.3) is 0 Å². The maximum atomic E-state index is 11.8.